The average molecular weight is 316 g/mol. The molecule has 4 aliphatic rings. The topological polar surface area (TPSA) is 54.4 Å². The number of Topliss-reactive ketones (excluding diaryl/α,β-unsaturated/α-hetero) is 1. The SMILES string of the molecule is CC1=CC(=O)C[C@@H]2CC[C@@H]3[C@H](CC[C@]4(C)C(=O)[C@H](O)C[C@@H]34)[C@@]12C. The lowest BCUT2D eigenvalue weighted by atomic mass is 9.45. The molecule has 3 fully saturated rings. The van der Waals surface area contributed by atoms with E-state index in [4.69, 9.17) is 0 Å². The molecule has 0 aromatic carbocycles. The lowest BCUT2D eigenvalue weighted by Gasteiger charge is -2.59. The van der Waals surface area contributed by atoms with Crippen LogP contribution in [0.4, 0.5) is 0 Å². The van der Waals surface area contributed by atoms with Crippen molar-refractivity contribution in [3.8, 4) is 0 Å². The fraction of sp³-hybridized carbons (Fsp3) is 0.800. The van der Waals surface area contributed by atoms with Crippen molar-refractivity contribution in [1.82, 2.24) is 0 Å². The van der Waals surface area contributed by atoms with Crippen molar-refractivity contribution in [2.75, 3.05) is 0 Å². The molecule has 0 saturated heterocycles. The molecule has 0 aliphatic heterocycles. The third-order valence-corrected chi connectivity index (χ3v) is 8.31. The van der Waals surface area contributed by atoms with Gasteiger partial charge in [0.2, 0.25) is 0 Å². The van der Waals surface area contributed by atoms with Crippen molar-refractivity contribution >= 4 is 11.6 Å². The molecule has 3 nitrogen and oxygen atoms in total. The summed E-state index contributed by atoms with van der Waals surface area (Å²) in [6, 6.07) is 0. The largest absolute Gasteiger partial charge is 0.385 e. The van der Waals surface area contributed by atoms with Crippen molar-refractivity contribution in [1.29, 1.82) is 0 Å². The average Bonchev–Trinajstić information content (AvgIpc) is 2.73. The van der Waals surface area contributed by atoms with E-state index in [1.165, 1.54) is 5.57 Å². The highest BCUT2D eigenvalue weighted by Gasteiger charge is 2.62. The molecule has 126 valence electrons. The van der Waals surface area contributed by atoms with Gasteiger partial charge in [-0.05, 0) is 74.2 Å². The molecule has 0 amide bonds. The van der Waals surface area contributed by atoms with Gasteiger partial charge in [0.05, 0.1) is 0 Å². The second kappa shape index (κ2) is 4.78. The molecule has 0 aromatic rings. The number of rotatable bonds is 0. The zero-order valence-corrected chi connectivity index (χ0v) is 14.5. The molecule has 0 bridgehead atoms. The first-order valence-electron chi connectivity index (χ1n) is 9.22. The van der Waals surface area contributed by atoms with E-state index in [9.17, 15) is 14.7 Å². The number of allylic oxidation sites excluding steroid dienone is 2. The predicted molar refractivity (Wildman–Crippen MR) is 87.7 cm³/mol. The van der Waals surface area contributed by atoms with Gasteiger partial charge >= 0.3 is 0 Å². The van der Waals surface area contributed by atoms with Gasteiger partial charge in [-0.1, -0.05) is 19.4 Å². The Hall–Kier alpha value is -0.960. The van der Waals surface area contributed by atoms with Gasteiger partial charge in [0.1, 0.15) is 6.10 Å². The van der Waals surface area contributed by atoms with Crippen molar-refractivity contribution in [3.05, 3.63) is 11.6 Å². The van der Waals surface area contributed by atoms with Gasteiger partial charge in [-0.25, -0.2) is 0 Å². The molecule has 0 heterocycles. The maximum absolute atomic E-state index is 12.5. The summed E-state index contributed by atoms with van der Waals surface area (Å²) in [5.74, 6) is 2.24. The first-order chi connectivity index (χ1) is 10.8. The minimum absolute atomic E-state index is 0.0827. The quantitative estimate of drug-likeness (QED) is 0.746. The van der Waals surface area contributed by atoms with Gasteiger partial charge in [0, 0.05) is 11.8 Å². The Morgan fingerprint density at radius 2 is 1.87 bits per heavy atom. The Kier molecular flexibility index (Phi) is 3.23. The first kappa shape index (κ1) is 15.6. The van der Waals surface area contributed by atoms with Crippen LogP contribution in [0.3, 0.4) is 0 Å². The number of carbonyl (C=O) groups excluding carboxylic acids is 2. The van der Waals surface area contributed by atoms with E-state index in [0.29, 0.717) is 36.5 Å². The zero-order valence-electron chi connectivity index (χ0n) is 14.5. The summed E-state index contributed by atoms with van der Waals surface area (Å²) in [6.07, 6.45) is 6.64. The number of fused-ring (bicyclic) bond motifs is 5. The summed E-state index contributed by atoms with van der Waals surface area (Å²) in [5, 5.41) is 10.2. The highest BCUT2D eigenvalue weighted by molar-refractivity contribution is 5.92. The second-order valence-corrected chi connectivity index (χ2v) is 9.00. The molecular formula is C20H28O3. The van der Waals surface area contributed by atoms with Crippen LogP contribution in [0, 0.1) is 34.5 Å². The van der Waals surface area contributed by atoms with Crippen LogP contribution < -0.4 is 0 Å². The Morgan fingerprint density at radius 1 is 1.13 bits per heavy atom. The lowest BCUT2D eigenvalue weighted by molar-refractivity contribution is -0.139. The Morgan fingerprint density at radius 3 is 2.61 bits per heavy atom. The standard InChI is InChI=1S/C20H28O3/c1-11-8-13(21)9-12-4-5-14-15(20(11,12)3)6-7-19(2)16(14)10-17(22)18(19)23/h8,12,14-17,22H,4-7,9-10H2,1-3H3/t12-,14+,15-,16-,17+,19-,20-/m0/s1. The smallest absolute Gasteiger partial charge is 0.167 e. The summed E-state index contributed by atoms with van der Waals surface area (Å²) >= 11 is 0. The summed E-state index contributed by atoms with van der Waals surface area (Å²) in [7, 11) is 0. The van der Waals surface area contributed by atoms with Crippen LogP contribution in [-0.4, -0.2) is 22.8 Å². The molecule has 7 atom stereocenters. The number of aliphatic hydroxyl groups excluding tert-OH is 1. The van der Waals surface area contributed by atoms with E-state index >= 15 is 0 Å². The van der Waals surface area contributed by atoms with Gasteiger partial charge in [0.15, 0.2) is 11.6 Å². The molecular weight excluding hydrogens is 288 g/mol. The minimum atomic E-state index is -0.751. The Balaban J connectivity index is 1.73. The van der Waals surface area contributed by atoms with Crippen molar-refractivity contribution in [2.24, 2.45) is 34.5 Å². The maximum Gasteiger partial charge on any atom is 0.167 e. The van der Waals surface area contributed by atoms with Crippen LogP contribution in [0.15, 0.2) is 11.6 Å². The zero-order chi connectivity index (χ0) is 16.6. The van der Waals surface area contributed by atoms with E-state index in [0.717, 1.165) is 25.7 Å². The first-order valence-corrected chi connectivity index (χ1v) is 9.22. The van der Waals surface area contributed by atoms with Crippen molar-refractivity contribution in [2.45, 2.75) is 65.4 Å². The summed E-state index contributed by atoms with van der Waals surface area (Å²) < 4.78 is 0. The van der Waals surface area contributed by atoms with Gasteiger partial charge in [-0.15, -0.1) is 0 Å². The van der Waals surface area contributed by atoms with Gasteiger partial charge < -0.3 is 5.11 Å². The highest BCUT2D eigenvalue weighted by Crippen LogP contribution is 2.65. The number of hydrogen-bond acceptors (Lipinski definition) is 3. The Labute approximate surface area is 138 Å². The number of hydrogen-bond donors (Lipinski definition) is 1. The van der Waals surface area contributed by atoms with E-state index in [2.05, 4.69) is 20.8 Å². The number of ketones is 2. The molecule has 4 rings (SSSR count). The van der Waals surface area contributed by atoms with Crippen molar-refractivity contribution < 1.29 is 14.7 Å². The summed E-state index contributed by atoms with van der Waals surface area (Å²) in [4.78, 5) is 24.5. The van der Waals surface area contributed by atoms with Crippen LogP contribution in [0.2, 0.25) is 0 Å². The number of carbonyl (C=O) groups is 2. The van der Waals surface area contributed by atoms with Gasteiger partial charge in [-0.3, -0.25) is 9.59 Å². The van der Waals surface area contributed by atoms with Crippen LogP contribution in [-0.2, 0) is 9.59 Å². The van der Waals surface area contributed by atoms with E-state index in [1.54, 1.807) is 0 Å². The van der Waals surface area contributed by atoms with E-state index in [1.807, 2.05) is 6.08 Å². The monoisotopic (exact) mass is 316 g/mol. The summed E-state index contributed by atoms with van der Waals surface area (Å²) in [5.41, 5.74) is 1.04. The highest BCUT2D eigenvalue weighted by atomic mass is 16.3. The number of aliphatic hydroxyl groups is 1. The van der Waals surface area contributed by atoms with E-state index < -0.39 is 6.10 Å². The van der Waals surface area contributed by atoms with Crippen LogP contribution in [0.25, 0.3) is 0 Å². The van der Waals surface area contributed by atoms with Crippen LogP contribution in [0.1, 0.15) is 59.3 Å². The Bertz CT molecular complexity index is 606. The predicted octanol–water partition coefficient (Wildman–Crippen LogP) is 3.30. The van der Waals surface area contributed by atoms with Crippen LogP contribution >= 0.6 is 0 Å². The van der Waals surface area contributed by atoms with Gasteiger partial charge in [-0.2, -0.15) is 0 Å². The molecule has 3 saturated carbocycles. The molecule has 23 heavy (non-hydrogen) atoms. The van der Waals surface area contributed by atoms with E-state index in [-0.39, 0.29) is 22.4 Å². The normalized spacial score (nSPS) is 52.5. The maximum atomic E-state index is 12.5. The minimum Gasteiger partial charge on any atom is -0.385 e. The lowest BCUT2D eigenvalue weighted by Crippen LogP contribution is -2.53. The van der Waals surface area contributed by atoms with Crippen molar-refractivity contribution in [3.63, 3.8) is 0 Å². The fourth-order valence-corrected chi connectivity index (χ4v) is 6.85. The molecule has 4 aliphatic carbocycles. The molecule has 1 N–H and O–H groups in total. The second-order valence-electron chi connectivity index (χ2n) is 9.00. The summed E-state index contributed by atoms with van der Waals surface area (Å²) in [6.45, 7) is 6.59. The molecule has 0 aromatic heterocycles. The molecule has 0 unspecified atom stereocenters. The van der Waals surface area contributed by atoms with Gasteiger partial charge in [0.25, 0.3) is 0 Å². The molecule has 0 spiro atoms. The van der Waals surface area contributed by atoms with Crippen LogP contribution in [0.5, 0.6) is 0 Å². The fourth-order valence-electron chi connectivity index (χ4n) is 6.85. The molecule has 3 heteroatoms. The third-order valence-electron chi connectivity index (χ3n) is 8.31. The molecule has 0 radical (unpaired) electrons. The third kappa shape index (κ3) is 1.86.